The van der Waals surface area contributed by atoms with E-state index >= 15 is 0 Å². The molecule has 1 aromatic heterocycles. The van der Waals surface area contributed by atoms with E-state index < -0.39 is 0 Å². The molecule has 0 spiro atoms. The van der Waals surface area contributed by atoms with Gasteiger partial charge in [0.05, 0.1) is 5.69 Å². The van der Waals surface area contributed by atoms with Crippen molar-refractivity contribution in [3.8, 4) is 0 Å². The van der Waals surface area contributed by atoms with Crippen LogP contribution >= 0.6 is 0 Å². The lowest BCUT2D eigenvalue weighted by molar-refractivity contribution is -0.138. The minimum absolute atomic E-state index is 0.173. The fraction of sp³-hybridized carbons (Fsp3) is 0.778. The number of likely N-dealkylation sites (tertiary alicyclic amines) is 1. The third kappa shape index (κ3) is 3.94. The van der Waals surface area contributed by atoms with Gasteiger partial charge in [0.25, 0.3) is 0 Å². The molecule has 1 amide bonds. The number of piperidine rings is 1. The van der Waals surface area contributed by atoms with Crippen molar-refractivity contribution < 1.29 is 4.79 Å². The van der Waals surface area contributed by atoms with Gasteiger partial charge < -0.3 is 10.6 Å². The highest BCUT2D eigenvalue weighted by molar-refractivity contribution is 5.79. The van der Waals surface area contributed by atoms with Crippen molar-refractivity contribution in [2.75, 3.05) is 13.1 Å². The quantitative estimate of drug-likeness (QED) is 0.930. The maximum Gasteiger partial charge on any atom is 0.225 e. The van der Waals surface area contributed by atoms with Crippen molar-refractivity contribution in [2.24, 2.45) is 17.6 Å². The van der Waals surface area contributed by atoms with Crippen LogP contribution in [0.4, 0.5) is 0 Å². The van der Waals surface area contributed by atoms with E-state index in [1.807, 2.05) is 6.92 Å². The molecule has 2 atom stereocenters. The molecular formula is C18H30N4O. The van der Waals surface area contributed by atoms with Gasteiger partial charge in [-0.2, -0.15) is 5.10 Å². The average molecular weight is 318 g/mol. The highest BCUT2D eigenvalue weighted by Gasteiger charge is 2.31. The first-order valence-corrected chi connectivity index (χ1v) is 9.08. The van der Waals surface area contributed by atoms with Crippen LogP contribution in [0, 0.1) is 25.7 Å². The number of carbonyl (C=O) groups is 1. The summed E-state index contributed by atoms with van der Waals surface area (Å²) in [5.74, 6) is 1.15. The van der Waals surface area contributed by atoms with Crippen molar-refractivity contribution in [1.29, 1.82) is 0 Å². The molecule has 2 fully saturated rings. The summed E-state index contributed by atoms with van der Waals surface area (Å²) in [6.45, 7) is 6.93. The third-order valence-electron chi connectivity index (χ3n) is 5.52. The second-order valence-electron chi connectivity index (χ2n) is 7.50. The number of nitrogens with two attached hydrogens (primary N) is 1. The Hall–Kier alpha value is -1.36. The Morgan fingerprint density at radius 2 is 2.00 bits per heavy atom. The molecule has 0 bridgehead atoms. The van der Waals surface area contributed by atoms with Crippen molar-refractivity contribution in [3.63, 3.8) is 0 Å². The largest absolute Gasteiger partial charge is 0.342 e. The van der Waals surface area contributed by atoms with E-state index in [-0.39, 0.29) is 12.0 Å². The van der Waals surface area contributed by atoms with Crippen molar-refractivity contribution in [1.82, 2.24) is 14.7 Å². The van der Waals surface area contributed by atoms with Gasteiger partial charge in [-0.3, -0.25) is 9.48 Å². The predicted molar refractivity (Wildman–Crippen MR) is 90.9 cm³/mol. The third-order valence-corrected chi connectivity index (χ3v) is 5.52. The molecule has 1 aromatic rings. The predicted octanol–water partition coefficient (Wildman–Crippen LogP) is 2.26. The van der Waals surface area contributed by atoms with E-state index in [1.54, 1.807) is 0 Å². The Morgan fingerprint density at radius 3 is 2.61 bits per heavy atom. The fourth-order valence-corrected chi connectivity index (χ4v) is 4.15. The zero-order chi connectivity index (χ0) is 16.4. The van der Waals surface area contributed by atoms with E-state index in [1.165, 1.54) is 5.69 Å². The standard InChI is InChI=1S/C18H30N4O/c1-13-10-14(2)22(20-13)12-15-6-8-21(9-7-15)18(23)16-4-3-5-17(19)11-16/h10,15-17H,3-9,11-12,19H2,1-2H3. The molecule has 2 N–H and O–H groups in total. The topological polar surface area (TPSA) is 64.2 Å². The molecule has 2 aliphatic rings. The zero-order valence-electron chi connectivity index (χ0n) is 14.5. The van der Waals surface area contributed by atoms with Crippen molar-refractivity contribution in [2.45, 2.75) is 65.0 Å². The van der Waals surface area contributed by atoms with Gasteiger partial charge in [-0.15, -0.1) is 0 Å². The maximum absolute atomic E-state index is 12.7. The number of nitrogens with zero attached hydrogens (tertiary/aromatic N) is 3. The summed E-state index contributed by atoms with van der Waals surface area (Å²) < 4.78 is 2.12. The summed E-state index contributed by atoms with van der Waals surface area (Å²) in [5.41, 5.74) is 8.36. The number of hydrogen-bond acceptors (Lipinski definition) is 3. The smallest absolute Gasteiger partial charge is 0.225 e. The van der Waals surface area contributed by atoms with E-state index in [4.69, 9.17) is 5.73 Å². The maximum atomic E-state index is 12.7. The summed E-state index contributed by atoms with van der Waals surface area (Å²) in [4.78, 5) is 14.8. The first-order chi connectivity index (χ1) is 11.0. The number of aryl methyl sites for hydroxylation is 2. The molecule has 5 nitrogen and oxygen atoms in total. The van der Waals surface area contributed by atoms with Gasteiger partial charge in [0.2, 0.25) is 5.91 Å². The van der Waals surface area contributed by atoms with E-state index in [2.05, 4.69) is 27.7 Å². The molecule has 5 heteroatoms. The van der Waals surface area contributed by atoms with Crippen LogP contribution in [0.2, 0.25) is 0 Å². The van der Waals surface area contributed by atoms with Gasteiger partial charge in [-0.1, -0.05) is 6.42 Å². The Labute approximate surface area is 139 Å². The summed E-state index contributed by atoms with van der Waals surface area (Å²) in [6.07, 6.45) is 6.26. The van der Waals surface area contributed by atoms with Gasteiger partial charge in [0, 0.05) is 37.3 Å². The van der Waals surface area contributed by atoms with E-state index in [0.29, 0.717) is 11.8 Å². The van der Waals surface area contributed by atoms with E-state index in [0.717, 1.165) is 63.9 Å². The van der Waals surface area contributed by atoms with Crippen LogP contribution in [0.1, 0.15) is 49.9 Å². The zero-order valence-corrected chi connectivity index (χ0v) is 14.5. The number of amides is 1. The molecule has 1 saturated carbocycles. The Morgan fingerprint density at radius 1 is 1.26 bits per heavy atom. The molecule has 2 heterocycles. The lowest BCUT2D eigenvalue weighted by atomic mass is 9.84. The second kappa shape index (κ2) is 7.04. The molecule has 1 saturated heterocycles. The Kier molecular flexibility index (Phi) is 5.05. The number of aromatic nitrogens is 2. The second-order valence-corrected chi connectivity index (χ2v) is 7.50. The fourth-order valence-electron chi connectivity index (χ4n) is 4.15. The van der Waals surface area contributed by atoms with Crippen LogP contribution in [0.25, 0.3) is 0 Å². The van der Waals surface area contributed by atoms with Crippen LogP contribution in [-0.4, -0.2) is 39.7 Å². The van der Waals surface area contributed by atoms with Gasteiger partial charge in [-0.05, 0) is 57.9 Å². The summed E-state index contributed by atoms with van der Waals surface area (Å²) >= 11 is 0. The van der Waals surface area contributed by atoms with Gasteiger partial charge in [0.1, 0.15) is 0 Å². The number of carbonyl (C=O) groups excluding carboxylic acids is 1. The van der Waals surface area contributed by atoms with Gasteiger partial charge in [-0.25, -0.2) is 0 Å². The Bertz CT molecular complexity index is 545. The average Bonchev–Trinajstić information content (AvgIpc) is 2.85. The Balaban J connectivity index is 1.50. The normalized spacial score (nSPS) is 26.5. The minimum atomic E-state index is 0.173. The molecule has 3 rings (SSSR count). The monoisotopic (exact) mass is 318 g/mol. The van der Waals surface area contributed by atoms with Crippen molar-refractivity contribution in [3.05, 3.63) is 17.5 Å². The van der Waals surface area contributed by atoms with Gasteiger partial charge >= 0.3 is 0 Å². The summed E-state index contributed by atoms with van der Waals surface area (Å²) in [7, 11) is 0. The first kappa shape index (κ1) is 16.5. The van der Waals surface area contributed by atoms with Crippen LogP contribution in [0.15, 0.2) is 6.07 Å². The highest BCUT2D eigenvalue weighted by atomic mass is 16.2. The summed E-state index contributed by atoms with van der Waals surface area (Å²) in [5, 5.41) is 4.56. The number of hydrogen-bond donors (Lipinski definition) is 1. The minimum Gasteiger partial charge on any atom is -0.342 e. The van der Waals surface area contributed by atoms with E-state index in [9.17, 15) is 4.79 Å². The molecule has 1 aliphatic carbocycles. The van der Waals surface area contributed by atoms with Crippen molar-refractivity contribution >= 4 is 5.91 Å². The lowest BCUT2D eigenvalue weighted by Gasteiger charge is -2.36. The molecule has 1 aliphatic heterocycles. The van der Waals surface area contributed by atoms with Crippen LogP contribution < -0.4 is 5.73 Å². The van der Waals surface area contributed by atoms with Crippen LogP contribution in [0.5, 0.6) is 0 Å². The van der Waals surface area contributed by atoms with Crippen LogP contribution in [0.3, 0.4) is 0 Å². The molecular weight excluding hydrogens is 288 g/mol. The summed E-state index contributed by atoms with van der Waals surface area (Å²) in [6, 6.07) is 2.35. The highest BCUT2D eigenvalue weighted by Crippen LogP contribution is 2.27. The molecule has 23 heavy (non-hydrogen) atoms. The molecule has 2 unspecified atom stereocenters. The lowest BCUT2D eigenvalue weighted by Crippen LogP contribution is -2.44. The first-order valence-electron chi connectivity index (χ1n) is 9.08. The molecule has 128 valence electrons. The SMILES string of the molecule is Cc1cc(C)n(CC2CCN(C(=O)C3CCCC(N)C3)CC2)n1. The van der Waals surface area contributed by atoms with Gasteiger partial charge in [0.15, 0.2) is 0 Å². The van der Waals surface area contributed by atoms with Crippen LogP contribution in [-0.2, 0) is 11.3 Å². The number of rotatable bonds is 3. The molecule has 0 radical (unpaired) electrons. The molecule has 0 aromatic carbocycles.